The molecule has 0 aliphatic rings. The van der Waals surface area contributed by atoms with Crippen LogP contribution in [0.2, 0.25) is 0 Å². The van der Waals surface area contributed by atoms with Gasteiger partial charge in [0.1, 0.15) is 0 Å². The molecule has 0 spiro atoms. The summed E-state index contributed by atoms with van der Waals surface area (Å²) in [6.07, 6.45) is -5.94. The Morgan fingerprint density at radius 2 is 1.23 bits per heavy atom. The zero-order valence-corrected chi connectivity index (χ0v) is 8.30. The molecule has 0 amide bonds. The van der Waals surface area contributed by atoms with E-state index in [1.54, 1.807) is 0 Å². The molecule has 0 atom stereocenters. The van der Waals surface area contributed by atoms with E-state index in [2.05, 4.69) is 0 Å². The van der Waals surface area contributed by atoms with Gasteiger partial charge >= 0.3 is 18.0 Å². The van der Waals surface area contributed by atoms with Crippen LogP contribution in [0.15, 0.2) is 0 Å². The normalized spacial score (nSPS) is 13.8. The van der Waals surface area contributed by atoms with Crippen LogP contribution in [0.3, 0.4) is 0 Å². The maximum Gasteiger partial charge on any atom is 0.423 e. The van der Waals surface area contributed by atoms with Gasteiger partial charge in [-0.05, 0) is 0 Å². The molecular weight excluding hydrogens is 220 g/mol. The topological polar surface area (TPSA) is 20.2 Å². The summed E-state index contributed by atoms with van der Waals surface area (Å²) in [5.74, 6) is -11.7. The number of hydrogen-bond donors (Lipinski definition) is 1. The van der Waals surface area contributed by atoms with E-state index in [1.807, 2.05) is 0 Å². The summed E-state index contributed by atoms with van der Waals surface area (Å²) in [5, 5.41) is 7.28. The van der Waals surface area contributed by atoms with E-state index < -0.39 is 24.6 Å². The first-order valence-electron chi connectivity index (χ1n) is 2.48. The van der Waals surface area contributed by atoms with Crippen molar-refractivity contribution in [1.82, 2.24) is 0 Å². The molecule has 0 aliphatic carbocycles. The molecular formula is C4H3F7NaO. The number of alkyl halides is 7. The Morgan fingerprint density at radius 1 is 0.923 bits per heavy atom. The molecule has 0 aromatic carbocycles. The van der Waals surface area contributed by atoms with Crippen LogP contribution in [-0.2, 0) is 0 Å². The molecule has 0 aromatic heterocycles. The molecule has 0 saturated heterocycles. The average Bonchev–Trinajstić information content (AvgIpc) is 1.85. The van der Waals surface area contributed by atoms with Crippen molar-refractivity contribution in [3.05, 3.63) is 0 Å². The van der Waals surface area contributed by atoms with E-state index in [9.17, 15) is 30.7 Å². The van der Waals surface area contributed by atoms with Gasteiger partial charge < -0.3 is 5.11 Å². The van der Waals surface area contributed by atoms with Crippen LogP contribution in [0, 0.1) is 0 Å². The molecule has 0 bridgehead atoms. The predicted octanol–water partition coefficient (Wildman–Crippen LogP) is 1.43. The molecule has 13 heavy (non-hydrogen) atoms. The van der Waals surface area contributed by atoms with Crippen LogP contribution in [-0.4, -0.2) is 59.3 Å². The van der Waals surface area contributed by atoms with Crippen LogP contribution >= 0.6 is 0 Å². The van der Waals surface area contributed by atoms with E-state index in [0.29, 0.717) is 0 Å². The Hall–Kier alpha value is 0.470. The average molecular weight is 223 g/mol. The fraction of sp³-hybridized carbons (Fsp3) is 1.00. The Kier molecular flexibility index (Phi) is 5.30. The molecule has 0 unspecified atom stereocenters. The van der Waals surface area contributed by atoms with Gasteiger partial charge in [0.2, 0.25) is 0 Å². The summed E-state index contributed by atoms with van der Waals surface area (Å²) in [6, 6.07) is 0. The molecule has 0 aromatic rings. The van der Waals surface area contributed by atoms with Crippen molar-refractivity contribution in [2.75, 3.05) is 6.67 Å². The molecule has 0 heterocycles. The number of aliphatic hydroxyl groups is 1. The minimum Gasteiger partial charge on any atom is -0.331 e. The van der Waals surface area contributed by atoms with Crippen LogP contribution in [0.1, 0.15) is 0 Å². The third-order valence-electron chi connectivity index (χ3n) is 1.00. The first-order valence-corrected chi connectivity index (χ1v) is 2.48. The summed E-state index contributed by atoms with van der Waals surface area (Å²) in [6.45, 7) is -2.98. The molecule has 0 rings (SSSR count). The molecule has 9 heteroatoms. The minimum atomic E-state index is -6.10. The number of halogens is 7. The Balaban J connectivity index is 0. The summed E-state index contributed by atoms with van der Waals surface area (Å²) < 4.78 is 80.6. The molecule has 75 valence electrons. The van der Waals surface area contributed by atoms with Gasteiger partial charge in [0, 0.05) is 29.6 Å². The zero-order valence-electron chi connectivity index (χ0n) is 6.30. The van der Waals surface area contributed by atoms with Crippen LogP contribution < -0.4 is 0 Å². The van der Waals surface area contributed by atoms with Crippen molar-refractivity contribution < 1.29 is 35.8 Å². The minimum absolute atomic E-state index is 0. The van der Waals surface area contributed by atoms with Gasteiger partial charge in [-0.1, -0.05) is 0 Å². The van der Waals surface area contributed by atoms with Gasteiger partial charge in [-0.2, -0.15) is 26.3 Å². The largest absolute Gasteiger partial charge is 0.423 e. The Bertz CT molecular complexity index is 164. The molecule has 0 aliphatic heterocycles. The molecule has 0 saturated carbocycles. The summed E-state index contributed by atoms with van der Waals surface area (Å²) in [7, 11) is 0. The third kappa shape index (κ3) is 2.97. The standard InChI is InChI=1S/C4H3F7O.Na/c5-1-2(6,7)3(8,9)4(10,11)12;/h12H,1H2;. The van der Waals surface area contributed by atoms with Crippen molar-refractivity contribution in [3.8, 4) is 0 Å². The molecule has 1 nitrogen and oxygen atoms in total. The number of hydrogen-bond acceptors (Lipinski definition) is 1. The van der Waals surface area contributed by atoms with Crippen molar-refractivity contribution in [2.24, 2.45) is 0 Å². The quantitative estimate of drug-likeness (QED) is 0.566. The maximum atomic E-state index is 11.7. The Labute approximate surface area is 90.2 Å². The van der Waals surface area contributed by atoms with E-state index in [4.69, 9.17) is 5.11 Å². The van der Waals surface area contributed by atoms with Crippen LogP contribution in [0.5, 0.6) is 0 Å². The van der Waals surface area contributed by atoms with Gasteiger partial charge in [-0.25, -0.2) is 4.39 Å². The second kappa shape index (κ2) is 4.33. The predicted molar refractivity (Wildman–Crippen MR) is 28.8 cm³/mol. The van der Waals surface area contributed by atoms with Gasteiger partial charge in [-0.3, -0.25) is 0 Å². The molecule has 1 radical (unpaired) electrons. The second-order valence-electron chi connectivity index (χ2n) is 1.95. The number of rotatable bonds is 3. The van der Waals surface area contributed by atoms with Crippen molar-refractivity contribution >= 4 is 29.6 Å². The van der Waals surface area contributed by atoms with Gasteiger partial charge in [-0.15, -0.1) is 0 Å². The van der Waals surface area contributed by atoms with Crippen molar-refractivity contribution in [3.63, 3.8) is 0 Å². The second-order valence-corrected chi connectivity index (χ2v) is 1.95. The fourth-order valence-electron chi connectivity index (χ4n) is 0.304. The van der Waals surface area contributed by atoms with Gasteiger partial charge in [0.05, 0.1) is 0 Å². The van der Waals surface area contributed by atoms with Crippen molar-refractivity contribution in [1.29, 1.82) is 0 Å². The summed E-state index contributed by atoms with van der Waals surface area (Å²) in [5.41, 5.74) is 0. The maximum absolute atomic E-state index is 11.7. The smallest absolute Gasteiger partial charge is 0.331 e. The van der Waals surface area contributed by atoms with Crippen LogP contribution in [0.25, 0.3) is 0 Å². The van der Waals surface area contributed by atoms with E-state index in [0.717, 1.165) is 0 Å². The van der Waals surface area contributed by atoms with Gasteiger partial charge in [0.25, 0.3) is 0 Å². The fourth-order valence-corrected chi connectivity index (χ4v) is 0.304. The summed E-state index contributed by atoms with van der Waals surface area (Å²) >= 11 is 0. The Morgan fingerprint density at radius 3 is 1.31 bits per heavy atom. The van der Waals surface area contributed by atoms with Crippen molar-refractivity contribution in [2.45, 2.75) is 18.0 Å². The SMILES string of the molecule is OC(F)(F)C(F)(F)C(F)(F)CF.[Na]. The molecule has 0 fully saturated rings. The first kappa shape index (κ1) is 15.9. The first-order chi connectivity index (χ1) is 5.06. The molecule has 1 N–H and O–H groups in total. The van der Waals surface area contributed by atoms with Gasteiger partial charge in [0.15, 0.2) is 6.67 Å². The van der Waals surface area contributed by atoms with E-state index in [1.165, 1.54) is 0 Å². The van der Waals surface area contributed by atoms with E-state index in [-0.39, 0.29) is 29.6 Å². The van der Waals surface area contributed by atoms with E-state index >= 15 is 0 Å². The third-order valence-corrected chi connectivity index (χ3v) is 1.00. The zero-order chi connectivity index (χ0) is 10.2. The monoisotopic (exact) mass is 223 g/mol. The van der Waals surface area contributed by atoms with Crippen LogP contribution in [0.4, 0.5) is 30.7 Å². The summed E-state index contributed by atoms with van der Waals surface area (Å²) in [4.78, 5) is 0.